The number of fused-ring (bicyclic) bond motifs is 8. The van der Waals surface area contributed by atoms with Gasteiger partial charge in [0.2, 0.25) is 5.89 Å². The molecule has 3 aromatic heterocycles. The van der Waals surface area contributed by atoms with E-state index in [1.807, 2.05) is 42.5 Å². The van der Waals surface area contributed by atoms with Crippen molar-refractivity contribution in [3.05, 3.63) is 188 Å². The van der Waals surface area contributed by atoms with Crippen LogP contribution in [0.3, 0.4) is 0 Å². The first kappa shape index (κ1) is 30.3. The van der Waals surface area contributed by atoms with Crippen molar-refractivity contribution in [3.8, 4) is 28.3 Å². The number of aromatic nitrogens is 2. The molecule has 0 N–H and O–H groups in total. The topological polar surface area (TPSA) is 47.3 Å². The number of hydrogen-bond acceptors (Lipinski definition) is 4. The van der Waals surface area contributed by atoms with Crippen LogP contribution >= 0.6 is 0 Å². The molecular formula is C49H31N3O2. The summed E-state index contributed by atoms with van der Waals surface area (Å²) in [5.74, 6) is 0.586. The SMILES string of the molecule is c1ccc(-c2cccc(N(c3ccc4oc5ccc6oc(-c7ccccc7)nc6c5c4c3)c3cccc4c5ccccc5n(-c5ccccc5)c34)c2)cc1. The zero-order chi connectivity index (χ0) is 35.6. The van der Waals surface area contributed by atoms with Gasteiger partial charge in [-0.2, -0.15) is 0 Å². The third kappa shape index (κ3) is 4.76. The molecule has 0 saturated heterocycles. The Hall–Kier alpha value is -7.37. The summed E-state index contributed by atoms with van der Waals surface area (Å²) in [7, 11) is 0. The summed E-state index contributed by atoms with van der Waals surface area (Å²) in [6, 6.07) is 65.7. The van der Waals surface area contributed by atoms with Crippen LogP contribution in [0.15, 0.2) is 197 Å². The summed E-state index contributed by atoms with van der Waals surface area (Å²) < 4.78 is 15.2. The Balaban J connectivity index is 1.20. The molecule has 0 bridgehead atoms. The van der Waals surface area contributed by atoms with E-state index in [1.165, 1.54) is 10.8 Å². The zero-order valence-corrected chi connectivity index (χ0v) is 29.1. The van der Waals surface area contributed by atoms with Crippen LogP contribution in [0, 0.1) is 0 Å². The summed E-state index contributed by atoms with van der Waals surface area (Å²) in [5, 5.41) is 4.30. The van der Waals surface area contributed by atoms with Crippen molar-refractivity contribution in [1.82, 2.24) is 9.55 Å². The first-order valence-corrected chi connectivity index (χ1v) is 18.1. The number of hydrogen-bond donors (Lipinski definition) is 0. The summed E-state index contributed by atoms with van der Waals surface area (Å²) in [5.41, 5.74) is 12.8. The minimum absolute atomic E-state index is 0.586. The molecule has 11 rings (SSSR count). The lowest BCUT2D eigenvalue weighted by molar-refractivity contribution is 0.619. The fraction of sp³-hybridized carbons (Fsp3) is 0. The molecule has 8 aromatic carbocycles. The zero-order valence-electron chi connectivity index (χ0n) is 29.1. The van der Waals surface area contributed by atoms with Gasteiger partial charge in [-0.25, -0.2) is 4.98 Å². The van der Waals surface area contributed by atoms with Gasteiger partial charge in [0.15, 0.2) is 5.58 Å². The lowest BCUT2D eigenvalue weighted by Crippen LogP contribution is -2.11. The fourth-order valence-corrected chi connectivity index (χ4v) is 7.99. The summed E-state index contributed by atoms with van der Waals surface area (Å²) in [4.78, 5) is 7.41. The third-order valence-electron chi connectivity index (χ3n) is 10.4. The van der Waals surface area contributed by atoms with Crippen LogP contribution < -0.4 is 4.90 Å². The average molecular weight is 694 g/mol. The molecule has 254 valence electrons. The summed E-state index contributed by atoms with van der Waals surface area (Å²) in [6.07, 6.45) is 0. The molecule has 0 atom stereocenters. The maximum Gasteiger partial charge on any atom is 0.227 e. The maximum absolute atomic E-state index is 6.48. The number of rotatable bonds is 6. The lowest BCUT2D eigenvalue weighted by atomic mass is 10.0. The van der Waals surface area contributed by atoms with E-state index in [2.05, 4.69) is 155 Å². The second-order valence-electron chi connectivity index (χ2n) is 13.6. The first-order chi connectivity index (χ1) is 26.8. The van der Waals surface area contributed by atoms with Crippen LogP contribution in [-0.2, 0) is 0 Å². The first-order valence-electron chi connectivity index (χ1n) is 18.1. The molecule has 0 aliphatic heterocycles. The van der Waals surface area contributed by atoms with Crippen LogP contribution in [0.5, 0.6) is 0 Å². The Morgan fingerprint density at radius 2 is 1.09 bits per heavy atom. The molecule has 0 fully saturated rings. The highest BCUT2D eigenvalue weighted by Gasteiger charge is 2.23. The monoisotopic (exact) mass is 693 g/mol. The standard InChI is InChI=1S/C49H31N3O2/c1-4-14-32(15-5-1)34-18-12-21-36(30-34)51(42-25-13-23-39-38-22-10-11-24-41(38)52(48(39)42)35-19-8-3-9-20-35)37-26-27-43-40(31-37)46-44(53-43)28-29-45-47(46)50-49(54-45)33-16-6-2-7-17-33/h1-31H. The molecule has 11 aromatic rings. The van der Waals surface area contributed by atoms with E-state index in [-0.39, 0.29) is 0 Å². The Morgan fingerprint density at radius 1 is 0.444 bits per heavy atom. The molecule has 0 radical (unpaired) electrons. The highest BCUT2D eigenvalue weighted by molar-refractivity contribution is 6.18. The predicted octanol–water partition coefficient (Wildman–Crippen LogP) is 13.6. The largest absolute Gasteiger partial charge is 0.456 e. The van der Waals surface area contributed by atoms with Gasteiger partial charge in [0, 0.05) is 38.8 Å². The molecule has 3 heterocycles. The highest BCUT2D eigenvalue weighted by atomic mass is 16.4. The minimum Gasteiger partial charge on any atom is -0.456 e. The van der Waals surface area contributed by atoms with Gasteiger partial charge in [-0.15, -0.1) is 0 Å². The highest BCUT2D eigenvalue weighted by Crippen LogP contribution is 2.46. The van der Waals surface area contributed by atoms with Crippen molar-refractivity contribution in [2.24, 2.45) is 0 Å². The van der Waals surface area contributed by atoms with Gasteiger partial charge in [0.1, 0.15) is 16.7 Å². The second kappa shape index (κ2) is 12.1. The van der Waals surface area contributed by atoms with E-state index in [0.29, 0.717) is 5.89 Å². The smallest absolute Gasteiger partial charge is 0.227 e. The number of para-hydroxylation sites is 3. The van der Waals surface area contributed by atoms with E-state index in [1.54, 1.807) is 0 Å². The van der Waals surface area contributed by atoms with E-state index < -0.39 is 0 Å². The van der Waals surface area contributed by atoms with Crippen molar-refractivity contribution < 1.29 is 8.83 Å². The Morgan fingerprint density at radius 3 is 1.93 bits per heavy atom. The number of furan rings is 1. The van der Waals surface area contributed by atoms with Crippen LogP contribution in [0.4, 0.5) is 17.1 Å². The minimum atomic E-state index is 0.586. The lowest BCUT2D eigenvalue weighted by Gasteiger charge is -2.27. The van der Waals surface area contributed by atoms with Crippen molar-refractivity contribution >= 4 is 71.9 Å². The van der Waals surface area contributed by atoms with Gasteiger partial charge in [0.05, 0.1) is 22.1 Å². The van der Waals surface area contributed by atoms with Gasteiger partial charge in [-0.05, 0) is 90.0 Å². The predicted molar refractivity (Wildman–Crippen MR) is 221 cm³/mol. The van der Waals surface area contributed by atoms with Crippen LogP contribution in [0.25, 0.3) is 83.1 Å². The molecule has 0 amide bonds. The Kier molecular flexibility index (Phi) is 6.79. The quantitative estimate of drug-likeness (QED) is 0.174. The van der Waals surface area contributed by atoms with Gasteiger partial charge in [0.25, 0.3) is 0 Å². The second-order valence-corrected chi connectivity index (χ2v) is 13.6. The number of anilines is 3. The Labute approximate surface area is 310 Å². The average Bonchev–Trinajstić information content (AvgIpc) is 3.94. The van der Waals surface area contributed by atoms with Crippen LogP contribution in [0.1, 0.15) is 0 Å². The fourth-order valence-electron chi connectivity index (χ4n) is 7.99. The van der Waals surface area contributed by atoms with Crippen molar-refractivity contribution in [2.75, 3.05) is 4.90 Å². The Bertz CT molecular complexity index is 3160. The number of oxazole rings is 1. The number of nitrogens with zero attached hydrogens (tertiary/aromatic N) is 3. The van der Waals surface area contributed by atoms with E-state index in [0.717, 1.165) is 83.5 Å². The third-order valence-corrected chi connectivity index (χ3v) is 10.4. The molecule has 0 unspecified atom stereocenters. The molecule has 5 heteroatoms. The van der Waals surface area contributed by atoms with Crippen LogP contribution in [0.2, 0.25) is 0 Å². The van der Waals surface area contributed by atoms with E-state index in [9.17, 15) is 0 Å². The summed E-state index contributed by atoms with van der Waals surface area (Å²) in [6.45, 7) is 0. The van der Waals surface area contributed by atoms with Gasteiger partial charge < -0.3 is 18.3 Å². The normalized spacial score (nSPS) is 11.7. The van der Waals surface area contributed by atoms with Crippen molar-refractivity contribution in [2.45, 2.75) is 0 Å². The maximum atomic E-state index is 6.48. The molecule has 54 heavy (non-hydrogen) atoms. The molecule has 0 saturated carbocycles. The van der Waals surface area contributed by atoms with E-state index >= 15 is 0 Å². The molecule has 0 spiro atoms. The van der Waals surface area contributed by atoms with Gasteiger partial charge in [-0.1, -0.05) is 109 Å². The number of benzene rings is 8. The molecule has 0 aliphatic carbocycles. The van der Waals surface area contributed by atoms with Gasteiger partial charge in [-0.3, -0.25) is 0 Å². The molecule has 5 nitrogen and oxygen atoms in total. The molecule has 0 aliphatic rings. The molecular weight excluding hydrogens is 663 g/mol. The van der Waals surface area contributed by atoms with Crippen LogP contribution in [-0.4, -0.2) is 9.55 Å². The van der Waals surface area contributed by atoms with Crippen molar-refractivity contribution in [3.63, 3.8) is 0 Å². The van der Waals surface area contributed by atoms with Gasteiger partial charge >= 0.3 is 0 Å². The van der Waals surface area contributed by atoms with E-state index in [4.69, 9.17) is 13.8 Å². The summed E-state index contributed by atoms with van der Waals surface area (Å²) >= 11 is 0. The van der Waals surface area contributed by atoms with Crippen molar-refractivity contribution in [1.29, 1.82) is 0 Å².